The van der Waals surface area contributed by atoms with E-state index in [9.17, 15) is 9.59 Å². The summed E-state index contributed by atoms with van der Waals surface area (Å²) in [6, 6.07) is 0.320. The van der Waals surface area contributed by atoms with Crippen LogP contribution < -0.4 is 5.73 Å². The topological polar surface area (TPSA) is 63.4 Å². The zero-order chi connectivity index (χ0) is 20.6. The first kappa shape index (κ1) is 25.1. The fraction of sp³-hybridized carbons (Fsp3) is 0.917. The second-order valence-corrected chi connectivity index (χ2v) is 8.76. The summed E-state index contributed by atoms with van der Waals surface area (Å²) >= 11 is 0. The summed E-state index contributed by atoms with van der Waals surface area (Å²) in [7, 11) is 0. The van der Waals surface area contributed by atoms with Gasteiger partial charge in [-0.2, -0.15) is 0 Å². The zero-order valence-corrected chi connectivity index (χ0v) is 18.7. The Labute approximate surface area is 174 Å². The van der Waals surface area contributed by atoms with E-state index in [-0.39, 0.29) is 23.9 Å². The fourth-order valence-electron chi connectivity index (χ4n) is 4.26. The summed E-state index contributed by atoms with van der Waals surface area (Å²) in [6.45, 7) is 4.43. The Morgan fingerprint density at radius 1 is 0.679 bits per heavy atom. The summed E-state index contributed by atoms with van der Waals surface area (Å²) in [5.74, 6) is 0.124. The van der Waals surface area contributed by atoms with Gasteiger partial charge < -0.3 is 5.73 Å². The lowest BCUT2D eigenvalue weighted by Crippen LogP contribution is -2.47. The van der Waals surface area contributed by atoms with Crippen LogP contribution in [0.1, 0.15) is 129 Å². The molecule has 28 heavy (non-hydrogen) atoms. The maximum atomic E-state index is 12.9. The molecule has 1 saturated carbocycles. The number of hydrogen-bond donors (Lipinski definition) is 1. The van der Waals surface area contributed by atoms with Crippen LogP contribution in [-0.2, 0) is 9.59 Å². The minimum atomic E-state index is 0.0620. The molecule has 1 aliphatic rings. The number of nitrogens with two attached hydrogens (primary N) is 1. The molecule has 1 rings (SSSR count). The van der Waals surface area contributed by atoms with Crippen molar-refractivity contribution in [1.82, 2.24) is 4.90 Å². The highest BCUT2D eigenvalue weighted by atomic mass is 16.2. The molecular weight excluding hydrogens is 348 g/mol. The van der Waals surface area contributed by atoms with Crippen molar-refractivity contribution in [3.8, 4) is 0 Å². The van der Waals surface area contributed by atoms with E-state index in [0.29, 0.717) is 12.8 Å². The lowest BCUT2D eigenvalue weighted by Gasteiger charge is -2.35. The Balaban J connectivity index is 2.46. The molecule has 164 valence electrons. The van der Waals surface area contributed by atoms with Crippen LogP contribution in [0.25, 0.3) is 0 Å². The standard InChI is InChI=1S/C24H46N2O2/c1-3-5-7-9-11-13-15-23(27)26(22-19-17-21(25)18-20-22)24(28)16-14-12-10-8-6-4-2/h21-22H,3-20,25H2,1-2H3. The van der Waals surface area contributed by atoms with Gasteiger partial charge in [-0.15, -0.1) is 0 Å². The highest BCUT2D eigenvalue weighted by molar-refractivity contribution is 5.95. The van der Waals surface area contributed by atoms with E-state index < -0.39 is 0 Å². The van der Waals surface area contributed by atoms with Gasteiger partial charge in [-0.3, -0.25) is 14.5 Å². The lowest BCUT2D eigenvalue weighted by atomic mass is 9.90. The normalized spacial score (nSPS) is 19.5. The van der Waals surface area contributed by atoms with Crippen molar-refractivity contribution in [2.24, 2.45) is 5.73 Å². The zero-order valence-electron chi connectivity index (χ0n) is 18.7. The third-order valence-electron chi connectivity index (χ3n) is 6.13. The van der Waals surface area contributed by atoms with Gasteiger partial charge in [-0.05, 0) is 38.5 Å². The molecule has 4 heteroatoms. The second kappa shape index (κ2) is 16.0. The SMILES string of the molecule is CCCCCCCCC(=O)N(C(=O)CCCCCCCC)C1CCC(N)CC1. The average molecular weight is 395 g/mol. The molecule has 0 unspecified atom stereocenters. The predicted molar refractivity (Wildman–Crippen MR) is 118 cm³/mol. The molecule has 1 fully saturated rings. The van der Waals surface area contributed by atoms with Gasteiger partial charge in [-0.25, -0.2) is 0 Å². The molecule has 0 radical (unpaired) electrons. The lowest BCUT2D eigenvalue weighted by molar-refractivity contribution is -0.148. The van der Waals surface area contributed by atoms with E-state index in [1.807, 2.05) is 0 Å². The number of hydrogen-bond acceptors (Lipinski definition) is 3. The number of unbranched alkanes of at least 4 members (excludes halogenated alkanes) is 10. The minimum absolute atomic E-state index is 0.0620. The van der Waals surface area contributed by atoms with Crippen molar-refractivity contribution in [1.29, 1.82) is 0 Å². The van der Waals surface area contributed by atoms with Crippen molar-refractivity contribution >= 4 is 11.8 Å². The van der Waals surface area contributed by atoms with E-state index in [0.717, 1.165) is 51.4 Å². The molecule has 1 aliphatic carbocycles. The van der Waals surface area contributed by atoms with Crippen LogP contribution in [0.4, 0.5) is 0 Å². The van der Waals surface area contributed by atoms with Crippen LogP contribution in [0.5, 0.6) is 0 Å². The Kier molecular flexibility index (Phi) is 14.3. The smallest absolute Gasteiger partial charge is 0.229 e. The van der Waals surface area contributed by atoms with Crippen LogP contribution in [-0.4, -0.2) is 28.8 Å². The van der Waals surface area contributed by atoms with Crippen molar-refractivity contribution in [2.45, 2.75) is 142 Å². The Morgan fingerprint density at radius 3 is 1.50 bits per heavy atom. The monoisotopic (exact) mass is 394 g/mol. The number of imide groups is 1. The van der Waals surface area contributed by atoms with E-state index >= 15 is 0 Å². The predicted octanol–water partition coefficient (Wildman–Crippen LogP) is 6.11. The minimum Gasteiger partial charge on any atom is -0.328 e. The highest BCUT2D eigenvalue weighted by Gasteiger charge is 2.31. The van der Waals surface area contributed by atoms with Crippen molar-refractivity contribution < 1.29 is 9.59 Å². The van der Waals surface area contributed by atoms with Crippen LogP contribution in [0.3, 0.4) is 0 Å². The fourth-order valence-corrected chi connectivity index (χ4v) is 4.26. The second-order valence-electron chi connectivity index (χ2n) is 8.76. The highest BCUT2D eigenvalue weighted by Crippen LogP contribution is 2.24. The van der Waals surface area contributed by atoms with Crippen molar-refractivity contribution in [3.05, 3.63) is 0 Å². The number of nitrogens with zero attached hydrogens (tertiary/aromatic N) is 1. The number of carbonyl (C=O) groups excluding carboxylic acids is 2. The van der Waals surface area contributed by atoms with E-state index in [1.54, 1.807) is 4.90 Å². The average Bonchev–Trinajstić information content (AvgIpc) is 2.69. The van der Waals surface area contributed by atoms with Gasteiger partial charge in [0.2, 0.25) is 11.8 Å². The first-order valence-corrected chi connectivity index (χ1v) is 12.2. The summed E-state index contributed by atoms with van der Waals surface area (Å²) in [6.07, 6.45) is 18.6. The molecule has 0 heterocycles. The summed E-state index contributed by atoms with van der Waals surface area (Å²) in [5.41, 5.74) is 6.04. The molecule has 0 aromatic heterocycles. The number of carbonyl (C=O) groups is 2. The van der Waals surface area contributed by atoms with Gasteiger partial charge in [0.15, 0.2) is 0 Å². The van der Waals surface area contributed by atoms with Gasteiger partial charge in [0.05, 0.1) is 0 Å². The quantitative estimate of drug-likeness (QED) is 0.341. The first-order valence-electron chi connectivity index (χ1n) is 12.2. The van der Waals surface area contributed by atoms with E-state index in [2.05, 4.69) is 13.8 Å². The maximum absolute atomic E-state index is 12.9. The molecule has 0 aromatic carbocycles. The van der Waals surface area contributed by atoms with Crippen molar-refractivity contribution in [2.75, 3.05) is 0 Å². The van der Waals surface area contributed by atoms with Gasteiger partial charge in [0, 0.05) is 24.9 Å². The molecular formula is C24H46N2O2. The Morgan fingerprint density at radius 2 is 1.07 bits per heavy atom. The Bertz CT molecular complexity index is 389. The third kappa shape index (κ3) is 10.6. The molecule has 0 bridgehead atoms. The number of amides is 2. The summed E-state index contributed by atoms with van der Waals surface area (Å²) in [4.78, 5) is 27.5. The third-order valence-corrected chi connectivity index (χ3v) is 6.13. The molecule has 0 atom stereocenters. The van der Waals surface area contributed by atoms with Crippen molar-refractivity contribution in [3.63, 3.8) is 0 Å². The largest absolute Gasteiger partial charge is 0.328 e. The Hall–Kier alpha value is -0.900. The van der Waals surface area contributed by atoms with Gasteiger partial charge in [-0.1, -0.05) is 78.1 Å². The summed E-state index contributed by atoms with van der Waals surface area (Å²) < 4.78 is 0. The molecule has 0 spiro atoms. The molecule has 2 N–H and O–H groups in total. The van der Waals surface area contributed by atoms with Crippen LogP contribution in [0.2, 0.25) is 0 Å². The number of rotatable bonds is 15. The maximum Gasteiger partial charge on any atom is 0.229 e. The summed E-state index contributed by atoms with van der Waals surface area (Å²) in [5, 5.41) is 0. The van der Waals surface area contributed by atoms with Crippen LogP contribution in [0.15, 0.2) is 0 Å². The molecule has 0 aromatic rings. The van der Waals surface area contributed by atoms with E-state index in [1.165, 1.54) is 51.4 Å². The van der Waals surface area contributed by atoms with Gasteiger partial charge in [0.1, 0.15) is 0 Å². The van der Waals surface area contributed by atoms with Crippen LogP contribution in [0, 0.1) is 0 Å². The molecule has 2 amide bonds. The first-order chi connectivity index (χ1) is 13.6. The molecule has 0 saturated heterocycles. The van der Waals surface area contributed by atoms with Gasteiger partial charge >= 0.3 is 0 Å². The van der Waals surface area contributed by atoms with E-state index in [4.69, 9.17) is 5.73 Å². The molecule has 4 nitrogen and oxygen atoms in total. The molecule has 0 aliphatic heterocycles. The van der Waals surface area contributed by atoms with Gasteiger partial charge in [0.25, 0.3) is 0 Å². The van der Waals surface area contributed by atoms with Crippen LogP contribution >= 0.6 is 0 Å².